The van der Waals surface area contributed by atoms with Crippen LogP contribution in [0.1, 0.15) is 17.1 Å². The zero-order valence-corrected chi connectivity index (χ0v) is 15.4. The molecule has 4 aromatic rings. The number of aromatic nitrogens is 4. The van der Waals surface area contributed by atoms with Crippen molar-refractivity contribution < 1.29 is 9.18 Å². The Bertz CT molecular complexity index is 1080. The lowest BCUT2D eigenvalue weighted by molar-refractivity contribution is -0.116. The van der Waals surface area contributed by atoms with Gasteiger partial charge in [-0.2, -0.15) is 0 Å². The second kappa shape index (κ2) is 6.93. The van der Waals surface area contributed by atoms with E-state index in [1.165, 1.54) is 28.7 Å². The normalized spacial score (nSPS) is 11.2. The second-order valence-corrected chi connectivity index (χ2v) is 7.68. The summed E-state index contributed by atoms with van der Waals surface area (Å²) in [6.07, 6.45) is 2.68. The van der Waals surface area contributed by atoms with Gasteiger partial charge in [-0.1, -0.05) is 23.5 Å². The lowest BCUT2D eigenvalue weighted by Crippen LogP contribution is -2.12. The molecule has 0 bridgehead atoms. The molecular weight excluding hydrogens is 373 g/mol. The van der Waals surface area contributed by atoms with Crippen LogP contribution in [0.25, 0.3) is 16.2 Å². The van der Waals surface area contributed by atoms with Gasteiger partial charge >= 0.3 is 0 Å². The standard InChI is InChI=1S/C17H14FN5OS2/c1-10-21-22-16(26-10)20-15(24)7-6-11-9-25-17-19-14(8-23(11)17)12-4-2-3-5-13(12)18/h2-5,8-9H,6-7H2,1H3,(H,20,22,24). The van der Waals surface area contributed by atoms with Crippen molar-refractivity contribution in [2.75, 3.05) is 5.32 Å². The summed E-state index contributed by atoms with van der Waals surface area (Å²) in [4.78, 5) is 17.3. The molecule has 0 aliphatic rings. The Morgan fingerprint density at radius 1 is 1.31 bits per heavy atom. The van der Waals surface area contributed by atoms with E-state index in [-0.39, 0.29) is 11.7 Å². The summed E-state index contributed by atoms with van der Waals surface area (Å²) >= 11 is 2.81. The van der Waals surface area contributed by atoms with E-state index in [4.69, 9.17) is 0 Å². The number of aryl methyl sites for hydroxylation is 2. The number of fused-ring (bicyclic) bond motifs is 1. The number of benzene rings is 1. The van der Waals surface area contributed by atoms with Gasteiger partial charge in [-0.05, 0) is 25.5 Å². The zero-order chi connectivity index (χ0) is 18.1. The minimum Gasteiger partial charge on any atom is -0.301 e. The molecule has 4 rings (SSSR count). The van der Waals surface area contributed by atoms with E-state index in [9.17, 15) is 9.18 Å². The SMILES string of the molecule is Cc1nnc(NC(=O)CCc2csc3nc(-c4ccccc4F)cn23)s1. The number of hydrogen-bond acceptors (Lipinski definition) is 6. The average Bonchev–Trinajstić information content (AvgIpc) is 3.30. The third-order valence-electron chi connectivity index (χ3n) is 3.81. The Balaban J connectivity index is 1.49. The first-order chi connectivity index (χ1) is 12.6. The van der Waals surface area contributed by atoms with Gasteiger partial charge in [0, 0.05) is 29.3 Å². The number of carbonyl (C=O) groups is 1. The van der Waals surface area contributed by atoms with Gasteiger partial charge in [0.25, 0.3) is 0 Å². The van der Waals surface area contributed by atoms with Crippen LogP contribution in [0.2, 0.25) is 0 Å². The number of carbonyl (C=O) groups excluding carboxylic acids is 1. The summed E-state index contributed by atoms with van der Waals surface area (Å²) in [5.74, 6) is -0.415. The van der Waals surface area contributed by atoms with Crippen molar-refractivity contribution in [3.05, 3.63) is 52.4 Å². The van der Waals surface area contributed by atoms with E-state index in [1.54, 1.807) is 18.2 Å². The molecule has 0 spiro atoms. The Kier molecular flexibility index (Phi) is 4.48. The van der Waals surface area contributed by atoms with Gasteiger partial charge in [0.2, 0.25) is 11.0 Å². The monoisotopic (exact) mass is 387 g/mol. The number of halogens is 1. The highest BCUT2D eigenvalue weighted by molar-refractivity contribution is 7.15. The second-order valence-electron chi connectivity index (χ2n) is 5.66. The van der Waals surface area contributed by atoms with E-state index in [1.807, 2.05) is 22.9 Å². The predicted octanol–water partition coefficient (Wildman–Crippen LogP) is 3.93. The fourth-order valence-electron chi connectivity index (χ4n) is 2.58. The van der Waals surface area contributed by atoms with E-state index >= 15 is 0 Å². The van der Waals surface area contributed by atoms with Crippen LogP contribution in [0, 0.1) is 12.7 Å². The van der Waals surface area contributed by atoms with Crippen LogP contribution in [0.5, 0.6) is 0 Å². The lowest BCUT2D eigenvalue weighted by Gasteiger charge is -2.01. The van der Waals surface area contributed by atoms with Crippen LogP contribution in [0.4, 0.5) is 9.52 Å². The molecule has 1 N–H and O–H groups in total. The highest BCUT2D eigenvalue weighted by atomic mass is 32.1. The molecule has 0 unspecified atom stereocenters. The van der Waals surface area contributed by atoms with Crippen LogP contribution in [-0.4, -0.2) is 25.5 Å². The summed E-state index contributed by atoms with van der Waals surface area (Å²) in [5.41, 5.74) is 2.02. The molecule has 6 nitrogen and oxygen atoms in total. The fourth-order valence-corrected chi connectivity index (χ4v) is 4.09. The van der Waals surface area contributed by atoms with Gasteiger partial charge in [0.1, 0.15) is 10.8 Å². The van der Waals surface area contributed by atoms with Gasteiger partial charge < -0.3 is 5.32 Å². The molecule has 3 aromatic heterocycles. The van der Waals surface area contributed by atoms with Crippen molar-refractivity contribution in [3.63, 3.8) is 0 Å². The Labute approximate surface area is 156 Å². The molecule has 0 saturated heterocycles. The number of hydrogen-bond donors (Lipinski definition) is 1. The van der Waals surface area contributed by atoms with Gasteiger partial charge in [-0.15, -0.1) is 21.5 Å². The van der Waals surface area contributed by atoms with Crippen LogP contribution in [-0.2, 0) is 11.2 Å². The number of rotatable bonds is 5. The Morgan fingerprint density at radius 3 is 2.92 bits per heavy atom. The minimum atomic E-state index is -0.300. The molecule has 0 aliphatic heterocycles. The first-order valence-corrected chi connectivity index (χ1v) is 9.60. The largest absolute Gasteiger partial charge is 0.301 e. The number of thiazole rings is 1. The molecule has 0 radical (unpaired) electrons. The summed E-state index contributed by atoms with van der Waals surface area (Å²) in [7, 11) is 0. The van der Waals surface area contributed by atoms with Crippen molar-refractivity contribution in [1.29, 1.82) is 0 Å². The number of anilines is 1. The third-order valence-corrected chi connectivity index (χ3v) is 5.46. The average molecular weight is 387 g/mol. The van der Waals surface area contributed by atoms with Crippen LogP contribution < -0.4 is 5.32 Å². The van der Waals surface area contributed by atoms with Gasteiger partial charge in [-0.25, -0.2) is 9.37 Å². The maximum Gasteiger partial charge on any atom is 0.226 e. The van der Waals surface area contributed by atoms with Gasteiger partial charge in [-0.3, -0.25) is 9.20 Å². The van der Waals surface area contributed by atoms with Crippen LogP contribution >= 0.6 is 22.7 Å². The van der Waals surface area contributed by atoms with Gasteiger partial charge in [0.15, 0.2) is 4.96 Å². The molecule has 9 heteroatoms. The Hall–Kier alpha value is -2.65. The molecule has 1 amide bonds. The molecule has 132 valence electrons. The Morgan fingerprint density at radius 2 is 2.15 bits per heavy atom. The first-order valence-electron chi connectivity index (χ1n) is 7.90. The van der Waals surface area contributed by atoms with Crippen molar-refractivity contribution in [3.8, 4) is 11.3 Å². The molecule has 1 aromatic carbocycles. The molecule has 26 heavy (non-hydrogen) atoms. The quantitative estimate of drug-likeness (QED) is 0.563. The van der Waals surface area contributed by atoms with Crippen molar-refractivity contribution in [2.45, 2.75) is 19.8 Å². The molecule has 0 fully saturated rings. The molecule has 0 aliphatic carbocycles. The van der Waals surface area contributed by atoms with Crippen molar-refractivity contribution >= 4 is 38.7 Å². The zero-order valence-electron chi connectivity index (χ0n) is 13.8. The number of amides is 1. The molecule has 0 atom stereocenters. The van der Waals surface area contributed by atoms with Crippen molar-refractivity contribution in [1.82, 2.24) is 19.6 Å². The third kappa shape index (κ3) is 3.35. The summed E-state index contributed by atoms with van der Waals surface area (Å²) in [5, 5.41) is 13.8. The maximum atomic E-state index is 14.0. The van der Waals surface area contributed by atoms with E-state index in [2.05, 4.69) is 20.5 Å². The highest BCUT2D eigenvalue weighted by Crippen LogP contribution is 2.26. The van der Waals surface area contributed by atoms with Crippen LogP contribution in [0.15, 0.2) is 35.8 Å². The van der Waals surface area contributed by atoms with E-state index in [0.717, 1.165) is 15.7 Å². The molecule has 3 heterocycles. The topological polar surface area (TPSA) is 72.2 Å². The smallest absolute Gasteiger partial charge is 0.226 e. The molecular formula is C17H14FN5OS2. The summed E-state index contributed by atoms with van der Waals surface area (Å²) < 4.78 is 15.9. The maximum absolute atomic E-state index is 14.0. The number of nitrogens with zero attached hydrogens (tertiary/aromatic N) is 4. The first kappa shape index (κ1) is 16.8. The van der Waals surface area contributed by atoms with Crippen molar-refractivity contribution in [2.24, 2.45) is 0 Å². The predicted molar refractivity (Wildman–Crippen MR) is 100 cm³/mol. The number of nitrogens with one attached hydrogen (secondary N) is 1. The van der Waals surface area contributed by atoms with E-state index < -0.39 is 0 Å². The lowest BCUT2D eigenvalue weighted by atomic mass is 10.1. The fraction of sp³-hybridized carbons (Fsp3) is 0.176. The highest BCUT2D eigenvalue weighted by Gasteiger charge is 2.13. The summed E-state index contributed by atoms with van der Waals surface area (Å²) in [6.45, 7) is 1.83. The van der Waals surface area contributed by atoms with Gasteiger partial charge in [0.05, 0.1) is 5.69 Å². The summed E-state index contributed by atoms with van der Waals surface area (Å²) in [6, 6.07) is 6.56. The minimum absolute atomic E-state index is 0.116. The molecule has 0 saturated carbocycles. The van der Waals surface area contributed by atoms with E-state index in [0.29, 0.717) is 29.2 Å². The number of imidazole rings is 1. The van der Waals surface area contributed by atoms with Crippen LogP contribution in [0.3, 0.4) is 0 Å².